The van der Waals surface area contributed by atoms with Gasteiger partial charge in [-0.05, 0) is 48.9 Å². The van der Waals surface area contributed by atoms with E-state index in [-0.39, 0.29) is 22.4 Å². The van der Waals surface area contributed by atoms with E-state index in [9.17, 15) is 14.0 Å². The van der Waals surface area contributed by atoms with E-state index in [0.717, 1.165) is 16.6 Å². The molecule has 0 saturated carbocycles. The molecule has 2 aromatic carbocycles. The zero-order valence-electron chi connectivity index (χ0n) is 17.1. The molecule has 0 saturated heterocycles. The number of halogens is 2. The molecular weight excluding hydrogens is 487 g/mol. The summed E-state index contributed by atoms with van der Waals surface area (Å²) in [6.45, 7) is 1.80. The number of benzene rings is 2. The Labute approximate surface area is 201 Å². The molecule has 0 radical (unpaired) electrons. The molecule has 7 nitrogen and oxygen atoms in total. The van der Waals surface area contributed by atoms with Crippen molar-refractivity contribution in [1.29, 1.82) is 0 Å². The van der Waals surface area contributed by atoms with Crippen molar-refractivity contribution in [3.63, 3.8) is 0 Å². The van der Waals surface area contributed by atoms with Crippen LogP contribution in [0.15, 0.2) is 58.2 Å². The molecule has 2 heterocycles. The van der Waals surface area contributed by atoms with Crippen LogP contribution in [0.1, 0.15) is 15.2 Å². The molecule has 0 unspecified atom stereocenters. The first-order valence-electron chi connectivity index (χ1n) is 9.53. The second-order valence-electron chi connectivity index (χ2n) is 6.83. The summed E-state index contributed by atoms with van der Waals surface area (Å²) in [5, 5.41) is 11.8. The van der Waals surface area contributed by atoms with Crippen LogP contribution in [-0.2, 0) is 4.79 Å². The smallest absolute Gasteiger partial charge is 0.277 e. The predicted octanol–water partition coefficient (Wildman–Crippen LogP) is 5.40. The molecule has 2 aromatic heterocycles. The number of carbonyl (C=O) groups excluding carboxylic acids is 2. The largest absolute Gasteiger partial charge is 0.411 e. The van der Waals surface area contributed by atoms with E-state index < -0.39 is 11.7 Å². The highest BCUT2D eigenvalue weighted by Gasteiger charge is 2.23. The summed E-state index contributed by atoms with van der Waals surface area (Å²) in [5.41, 5.74) is 7.69. The van der Waals surface area contributed by atoms with Crippen LogP contribution in [0.5, 0.6) is 0 Å². The Morgan fingerprint density at radius 3 is 2.45 bits per heavy atom. The Bertz CT molecular complexity index is 1320. The molecule has 4 rings (SSSR count). The van der Waals surface area contributed by atoms with Crippen LogP contribution in [0.25, 0.3) is 22.6 Å². The molecule has 0 aliphatic rings. The highest BCUT2D eigenvalue weighted by molar-refractivity contribution is 7.99. The lowest BCUT2D eigenvalue weighted by Gasteiger charge is -2.06. The number of hydrogen-bond acceptors (Lipinski definition) is 7. The summed E-state index contributed by atoms with van der Waals surface area (Å²) in [7, 11) is 0. The lowest BCUT2D eigenvalue weighted by atomic mass is 10.0. The summed E-state index contributed by atoms with van der Waals surface area (Å²) >= 11 is 8.16. The van der Waals surface area contributed by atoms with Crippen LogP contribution in [0.4, 0.5) is 9.39 Å². The average Bonchev–Trinajstić information content (AvgIpc) is 3.38. The maximum atomic E-state index is 13.3. The topological polar surface area (TPSA) is 111 Å². The van der Waals surface area contributed by atoms with E-state index in [4.69, 9.17) is 21.8 Å². The van der Waals surface area contributed by atoms with Crippen molar-refractivity contribution in [2.75, 3.05) is 11.1 Å². The van der Waals surface area contributed by atoms with Crippen molar-refractivity contribution in [1.82, 2.24) is 10.2 Å². The Hall–Kier alpha value is -3.21. The SMILES string of the molecule is Cc1sc(NC(=O)CSc2nnc(-c3ccc(Cl)cc3)o2)c(C(N)=O)c1-c1ccc(F)cc1. The van der Waals surface area contributed by atoms with Crippen LogP contribution in [0, 0.1) is 12.7 Å². The van der Waals surface area contributed by atoms with Crippen molar-refractivity contribution in [3.05, 3.63) is 69.8 Å². The fraction of sp³-hybridized carbons (Fsp3) is 0.0909. The Morgan fingerprint density at radius 1 is 1.12 bits per heavy atom. The number of carbonyl (C=O) groups is 2. The van der Waals surface area contributed by atoms with Gasteiger partial charge < -0.3 is 15.5 Å². The van der Waals surface area contributed by atoms with Crippen LogP contribution in [-0.4, -0.2) is 27.8 Å². The first-order valence-corrected chi connectivity index (χ1v) is 11.7. The van der Waals surface area contributed by atoms with Crippen molar-refractivity contribution in [2.24, 2.45) is 5.73 Å². The molecule has 0 aliphatic heterocycles. The van der Waals surface area contributed by atoms with Crippen molar-refractivity contribution in [3.8, 4) is 22.6 Å². The Balaban J connectivity index is 1.47. The van der Waals surface area contributed by atoms with Crippen LogP contribution in [0.2, 0.25) is 5.02 Å². The number of aromatic nitrogens is 2. The van der Waals surface area contributed by atoms with Gasteiger partial charge in [0.2, 0.25) is 11.8 Å². The van der Waals surface area contributed by atoms with Gasteiger partial charge in [0.25, 0.3) is 11.1 Å². The Kier molecular flexibility index (Phi) is 6.77. The van der Waals surface area contributed by atoms with Crippen LogP contribution >= 0.6 is 34.7 Å². The van der Waals surface area contributed by atoms with E-state index in [1.807, 2.05) is 0 Å². The van der Waals surface area contributed by atoms with Gasteiger partial charge in [0.05, 0.1) is 11.3 Å². The number of nitrogens with one attached hydrogen (secondary N) is 1. The summed E-state index contributed by atoms with van der Waals surface area (Å²) in [6.07, 6.45) is 0. The number of aryl methyl sites for hydroxylation is 1. The first kappa shape index (κ1) is 23.0. The van der Waals surface area contributed by atoms with Crippen LogP contribution < -0.4 is 11.1 Å². The van der Waals surface area contributed by atoms with E-state index in [1.54, 1.807) is 43.3 Å². The van der Waals surface area contributed by atoms with Gasteiger partial charge in [-0.25, -0.2) is 4.39 Å². The normalized spacial score (nSPS) is 10.9. The number of thioether (sulfide) groups is 1. The number of nitrogens with zero attached hydrogens (tertiary/aromatic N) is 2. The molecule has 0 bridgehead atoms. The molecule has 168 valence electrons. The molecule has 0 fully saturated rings. The lowest BCUT2D eigenvalue weighted by Crippen LogP contribution is -2.18. The number of thiophene rings is 1. The highest BCUT2D eigenvalue weighted by atomic mass is 35.5. The number of rotatable bonds is 7. The standard InChI is InChI=1S/C22H16ClFN4O3S2/c1-11-17(12-4-8-15(24)9-5-12)18(19(25)30)21(33-11)26-16(29)10-32-22-28-27-20(31-22)13-2-6-14(23)7-3-13/h2-9H,10H2,1H3,(H2,25,30)(H,26,29). The fourth-order valence-electron chi connectivity index (χ4n) is 3.10. The molecule has 4 aromatic rings. The average molecular weight is 503 g/mol. The minimum Gasteiger partial charge on any atom is -0.411 e. The molecule has 0 atom stereocenters. The van der Waals surface area contributed by atoms with E-state index in [1.165, 1.54) is 23.5 Å². The number of nitrogens with two attached hydrogens (primary N) is 1. The molecule has 0 aliphatic carbocycles. The summed E-state index contributed by atoms with van der Waals surface area (Å²) in [4.78, 5) is 25.5. The van der Waals surface area contributed by atoms with Crippen molar-refractivity contribution in [2.45, 2.75) is 12.1 Å². The van der Waals surface area contributed by atoms with E-state index in [2.05, 4.69) is 15.5 Å². The minimum absolute atomic E-state index is 0.0245. The number of amides is 2. The summed E-state index contributed by atoms with van der Waals surface area (Å²) in [5.74, 6) is -1.17. The zero-order chi connectivity index (χ0) is 23.5. The van der Waals surface area contributed by atoms with Gasteiger partial charge in [-0.1, -0.05) is 35.5 Å². The molecular formula is C22H16ClFN4O3S2. The molecule has 11 heteroatoms. The third-order valence-corrected chi connectivity index (χ3v) is 6.63. The highest BCUT2D eigenvalue weighted by Crippen LogP contribution is 2.39. The number of hydrogen-bond donors (Lipinski definition) is 2. The van der Waals surface area contributed by atoms with Gasteiger partial charge >= 0.3 is 0 Å². The van der Waals surface area contributed by atoms with Gasteiger partial charge in [-0.3, -0.25) is 9.59 Å². The zero-order valence-corrected chi connectivity index (χ0v) is 19.5. The van der Waals surface area contributed by atoms with Crippen molar-refractivity contribution < 1.29 is 18.4 Å². The summed E-state index contributed by atoms with van der Waals surface area (Å²) in [6, 6.07) is 12.6. The van der Waals surface area contributed by atoms with Crippen LogP contribution in [0.3, 0.4) is 0 Å². The van der Waals surface area contributed by atoms with Crippen molar-refractivity contribution >= 4 is 51.5 Å². The second kappa shape index (κ2) is 9.74. The monoisotopic (exact) mass is 502 g/mol. The quantitative estimate of drug-likeness (QED) is 0.327. The predicted molar refractivity (Wildman–Crippen MR) is 127 cm³/mol. The van der Waals surface area contributed by atoms with Gasteiger partial charge in [-0.15, -0.1) is 21.5 Å². The fourth-order valence-corrected chi connectivity index (χ4v) is 4.89. The summed E-state index contributed by atoms with van der Waals surface area (Å²) < 4.78 is 18.9. The van der Waals surface area contributed by atoms with Gasteiger partial charge in [-0.2, -0.15) is 0 Å². The van der Waals surface area contributed by atoms with Gasteiger partial charge in [0.1, 0.15) is 10.8 Å². The number of anilines is 1. The van der Waals surface area contributed by atoms with Gasteiger partial charge in [0.15, 0.2) is 0 Å². The number of primary amides is 1. The molecule has 0 spiro atoms. The van der Waals surface area contributed by atoms with E-state index in [0.29, 0.717) is 32.6 Å². The third-order valence-electron chi connectivity index (χ3n) is 4.54. The first-order chi connectivity index (χ1) is 15.8. The molecule has 2 amide bonds. The maximum Gasteiger partial charge on any atom is 0.277 e. The maximum absolute atomic E-state index is 13.3. The Morgan fingerprint density at radius 2 is 1.79 bits per heavy atom. The second-order valence-corrected chi connectivity index (χ2v) is 9.41. The van der Waals surface area contributed by atoms with E-state index >= 15 is 0 Å². The minimum atomic E-state index is -0.689. The third kappa shape index (κ3) is 5.24. The molecule has 3 N–H and O–H groups in total. The lowest BCUT2D eigenvalue weighted by molar-refractivity contribution is -0.113. The van der Waals surface area contributed by atoms with Gasteiger partial charge in [0, 0.05) is 21.0 Å². The molecule has 33 heavy (non-hydrogen) atoms.